The van der Waals surface area contributed by atoms with Crippen molar-refractivity contribution in [3.05, 3.63) is 0 Å². The second-order valence-electron chi connectivity index (χ2n) is 4.16. The zero-order chi connectivity index (χ0) is 10.3. The molecule has 0 heterocycles. The van der Waals surface area contributed by atoms with Crippen molar-refractivity contribution >= 4 is 0 Å². The number of hydrogen-bond acceptors (Lipinski definition) is 3. The van der Waals surface area contributed by atoms with Crippen molar-refractivity contribution < 1.29 is 15.3 Å². The lowest BCUT2D eigenvalue weighted by Crippen LogP contribution is -2.28. The van der Waals surface area contributed by atoms with E-state index in [2.05, 4.69) is 6.92 Å². The molecule has 0 aliphatic carbocycles. The van der Waals surface area contributed by atoms with Gasteiger partial charge in [0.1, 0.15) is 0 Å². The predicted octanol–water partition coefficient (Wildman–Crippen LogP) is 0.918. The summed E-state index contributed by atoms with van der Waals surface area (Å²) in [5.74, 6) is 0.500. The average molecular weight is 190 g/mol. The molecule has 0 aromatic carbocycles. The highest BCUT2D eigenvalue weighted by molar-refractivity contribution is 4.70. The van der Waals surface area contributed by atoms with Crippen molar-refractivity contribution in [2.45, 2.75) is 45.1 Å². The summed E-state index contributed by atoms with van der Waals surface area (Å²) in [6.07, 6.45) is 3.34. The molecule has 3 nitrogen and oxygen atoms in total. The molecule has 0 radical (unpaired) electrons. The van der Waals surface area contributed by atoms with E-state index in [-0.39, 0.29) is 13.2 Å². The van der Waals surface area contributed by atoms with E-state index in [0.29, 0.717) is 12.3 Å². The summed E-state index contributed by atoms with van der Waals surface area (Å²) in [5.41, 5.74) is -0.932. The quantitative estimate of drug-likeness (QED) is 0.559. The van der Waals surface area contributed by atoms with Gasteiger partial charge in [0, 0.05) is 6.61 Å². The lowest BCUT2D eigenvalue weighted by molar-refractivity contribution is -0.00763. The molecule has 0 fully saturated rings. The Balaban J connectivity index is 3.44. The lowest BCUT2D eigenvalue weighted by atomic mass is 9.95. The van der Waals surface area contributed by atoms with Crippen LogP contribution < -0.4 is 0 Å². The van der Waals surface area contributed by atoms with Crippen molar-refractivity contribution in [3.63, 3.8) is 0 Å². The Morgan fingerprint density at radius 3 is 2.31 bits per heavy atom. The van der Waals surface area contributed by atoms with Gasteiger partial charge in [0.05, 0.1) is 12.2 Å². The highest BCUT2D eigenvalue weighted by Crippen LogP contribution is 2.17. The maximum atomic E-state index is 9.47. The molecule has 0 aliphatic rings. The summed E-state index contributed by atoms with van der Waals surface area (Å²) in [4.78, 5) is 0. The maximum absolute atomic E-state index is 9.47. The fraction of sp³-hybridized carbons (Fsp3) is 1.00. The van der Waals surface area contributed by atoms with Crippen LogP contribution in [0.4, 0.5) is 0 Å². The molecule has 2 atom stereocenters. The van der Waals surface area contributed by atoms with Crippen LogP contribution in [0, 0.1) is 5.92 Å². The lowest BCUT2D eigenvalue weighted by Gasteiger charge is -2.20. The van der Waals surface area contributed by atoms with Gasteiger partial charge in [-0.15, -0.1) is 0 Å². The van der Waals surface area contributed by atoms with E-state index in [1.807, 2.05) is 0 Å². The minimum Gasteiger partial charge on any atom is -0.396 e. The molecule has 0 aromatic heterocycles. The van der Waals surface area contributed by atoms with Gasteiger partial charge in [0.15, 0.2) is 0 Å². The standard InChI is InChI=1S/C10H22O3/c1-9(5-7-11)4-3-6-10(2,13)8-12/h9,11-13H,3-8H2,1-2H3. The van der Waals surface area contributed by atoms with E-state index >= 15 is 0 Å². The topological polar surface area (TPSA) is 60.7 Å². The molecule has 0 bridgehead atoms. The van der Waals surface area contributed by atoms with Crippen molar-refractivity contribution in [1.82, 2.24) is 0 Å². The molecule has 13 heavy (non-hydrogen) atoms. The van der Waals surface area contributed by atoms with Crippen LogP contribution in [0.25, 0.3) is 0 Å². The molecule has 0 spiro atoms. The number of rotatable bonds is 7. The summed E-state index contributed by atoms with van der Waals surface area (Å²) < 4.78 is 0. The number of aliphatic hydroxyl groups is 3. The van der Waals surface area contributed by atoms with Gasteiger partial charge in [-0.1, -0.05) is 19.8 Å². The average Bonchev–Trinajstić information content (AvgIpc) is 2.05. The van der Waals surface area contributed by atoms with E-state index in [0.717, 1.165) is 19.3 Å². The van der Waals surface area contributed by atoms with E-state index in [1.54, 1.807) is 6.92 Å². The van der Waals surface area contributed by atoms with Gasteiger partial charge in [0.25, 0.3) is 0 Å². The summed E-state index contributed by atoms with van der Waals surface area (Å²) in [6.45, 7) is 3.78. The third-order valence-corrected chi connectivity index (χ3v) is 2.37. The van der Waals surface area contributed by atoms with Crippen LogP contribution in [-0.4, -0.2) is 34.1 Å². The number of aliphatic hydroxyl groups excluding tert-OH is 2. The van der Waals surface area contributed by atoms with Crippen LogP contribution in [0.5, 0.6) is 0 Å². The van der Waals surface area contributed by atoms with E-state index in [4.69, 9.17) is 10.2 Å². The van der Waals surface area contributed by atoms with E-state index in [9.17, 15) is 5.11 Å². The normalized spacial score (nSPS) is 18.2. The first-order chi connectivity index (χ1) is 6.02. The van der Waals surface area contributed by atoms with Crippen molar-refractivity contribution in [3.8, 4) is 0 Å². The van der Waals surface area contributed by atoms with Crippen molar-refractivity contribution in [2.75, 3.05) is 13.2 Å². The van der Waals surface area contributed by atoms with Crippen LogP contribution in [0.1, 0.15) is 39.5 Å². The zero-order valence-electron chi connectivity index (χ0n) is 8.66. The number of hydrogen-bond donors (Lipinski definition) is 3. The second kappa shape index (κ2) is 6.35. The minimum atomic E-state index is -0.932. The molecule has 0 aromatic rings. The first-order valence-corrected chi connectivity index (χ1v) is 4.96. The van der Waals surface area contributed by atoms with Gasteiger partial charge < -0.3 is 15.3 Å². The van der Waals surface area contributed by atoms with E-state index in [1.165, 1.54) is 0 Å². The third kappa shape index (κ3) is 6.99. The van der Waals surface area contributed by atoms with Crippen LogP contribution in [0.3, 0.4) is 0 Å². The molecule has 80 valence electrons. The van der Waals surface area contributed by atoms with Gasteiger partial charge in [-0.05, 0) is 25.7 Å². The van der Waals surface area contributed by atoms with Gasteiger partial charge >= 0.3 is 0 Å². The fourth-order valence-electron chi connectivity index (χ4n) is 1.28. The summed E-state index contributed by atoms with van der Waals surface area (Å²) in [5, 5.41) is 26.9. The highest BCUT2D eigenvalue weighted by atomic mass is 16.3. The first kappa shape index (κ1) is 12.9. The van der Waals surface area contributed by atoms with Gasteiger partial charge in [-0.2, -0.15) is 0 Å². The summed E-state index contributed by atoms with van der Waals surface area (Å²) in [7, 11) is 0. The van der Waals surface area contributed by atoms with Crippen LogP contribution >= 0.6 is 0 Å². The molecule has 0 saturated carbocycles. The Labute approximate surface area is 80.4 Å². The molecule has 0 rings (SSSR count). The molecule has 3 heteroatoms. The molecule has 0 saturated heterocycles. The summed E-state index contributed by atoms with van der Waals surface area (Å²) >= 11 is 0. The molecule has 2 unspecified atom stereocenters. The van der Waals surface area contributed by atoms with Crippen molar-refractivity contribution in [1.29, 1.82) is 0 Å². The monoisotopic (exact) mass is 190 g/mol. The Morgan fingerprint density at radius 1 is 1.23 bits per heavy atom. The minimum absolute atomic E-state index is 0.179. The first-order valence-electron chi connectivity index (χ1n) is 4.96. The molecule has 3 N–H and O–H groups in total. The molecular formula is C10H22O3. The van der Waals surface area contributed by atoms with Gasteiger partial charge in [-0.3, -0.25) is 0 Å². The van der Waals surface area contributed by atoms with Crippen molar-refractivity contribution in [2.24, 2.45) is 5.92 Å². The SMILES string of the molecule is CC(CCO)CCCC(C)(O)CO. The Morgan fingerprint density at radius 2 is 1.85 bits per heavy atom. The molecule has 0 aliphatic heterocycles. The maximum Gasteiger partial charge on any atom is 0.0849 e. The van der Waals surface area contributed by atoms with Gasteiger partial charge in [0.2, 0.25) is 0 Å². The third-order valence-electron chi connectivity index (χ3n) is 2.37. The molecule has 0 amide bonds. The van der Waals surface area contributed by atoms with Crippen LogP contribution in [-0.2, 0) is 0 Å². The zero-order valence-corrected chi connectivity index (χ0v) is 8.66. The van der Waals surface area contributed by atoms with E-state index < -0.39 is 5.60 Å². The fourth-order valence-corrected chi connectivity index (χ4v) is 1.28. The predicted molar refractivity (Wildman–Crippen MR) is 52.4 cm³/mol. The Hall–Kier alpha value is -0.120. The highest BCUT2D eigenvalue weighted by Gasteiger charge is 2.18. The van der Waals surface area contributed by atoms with Gasteiger partial charge in [-0.25, -0.2) is 0 Å². The summed E-state index contributed by atoms with van der Waals surface area (Å²) in [6, 6.07) is 0. The van der Waals surface area contributed by atoms with Crippen LogP contribution in [0.15, 0.2) is 0 Å². The Kier molecular flexibility index (Phi) is 6.29. The molecular weight excluding hydrogens is 168 g/mol. The Bertz CT molecular complexity index is 123. The van der Waals surface area contributed by atoms with Crippen LogP contribution in [0.2, 0.25) is 0 Å². The largest absolute Gasteiger partial charge is 0.396 e. The smallest absolute Gasteiger partial charge is 0.0849 e. The second-order valence-corrected chi connectivity index (χ2v) is 4.16.